The molecule has 0 bridgehead atoms. The first-order valence-corrected chi connectivity index (χ1v) is 8.77. The van der Waals surface area contributed by atoms with Crippen LogP contribution in [0.3, 0.4) is 0 Å². The Morgan fingerprint density at radius 1 is 1.00 bits per heavy atom. The molecule has 2 heteroatoms. The van der Waals surface area contributed by atoms with Crippen molar-refractivity contribution in [3.63, 3.8) is 0 Å². The fourth-order valence-corrected chi connectivity index (χ4v) is 3.55. The van der Waals surface area contributed by atoms with Gasteiger partial charge >= 0.3 is 0 Å². The third kappa shape index (κ3) is 4.31. The summed E-state index contributed by atoms with van der Waals surface area (Å²) in [6.07, 6.45) is 7.08. The van der Waals surface area contributed by atoms with Gasteiger partial charge in [0.15, 0.2) is 0 Å². The molecule has 22 heavy (non-hydrogen) atoms. The van der Waals surface area contributed by atoms with Gasteiger partial charge in [-0.2, -0.15) is 0 Å². The monoisotopic (exact) mass is 355 g/mol. The lowest BCUT2D eigenvalue weighted by atomic mass is 9.96. The highest BCUT2D eigenvalue weighted by molar-refractivity contribution is 9.10. The van der Waals surface area contributed by atoms with Crippen molar-refractivity contribution in [3.05, 3.63) is 82.3 Å². The minimum atomic E-state index is 0.657. The van der Waals surface area contributed by atoms with Gasteiger partial charge < -0.3 is 0 Å². The molecule has 1 aliphatic rings. The first kappa shape index (κ1) is 15.5. The fourth-order valence-electron chi connectivity index (χ4n) is 3.07. The van der Waals surface area contributed by atoms with Gasteiger partial charge in [-0.15, -0.1) is 0 Å². The number of aryl methyl sites for hydroxylation is 1. The largest absolute Gasteiger partial charge is 0.295 e. The van der Waals surface area contributed by atoms with Crippen LogP contribution < -0.4 is 0 Å². The molecule has 1 unspecified atom stereocenters. The summed E-state index contributed by atoms with van der Waals surface area (Å²) >= 11 is 3.65. The van der Waals surface area contributed by atoms with Gasteiger partial charge in [0.1, 0.15) is 0 Å². The molecule has 0 saturated heterocycles. The minimum Gasteiger partial charge on any atom is -0.295 e. The van der Waals surface area contributed by atoms with E-state index in [-0.39, 0.29) is 0 Å². The molecule has 1 heterocycles. The lowest BCUT2D eigenvalue weighted by molar-refractivity contribution is 0.246. The Morgan fingerprint density at radius 2 is 1.77 bits per heavy atom. The number of hydrogen-bond donors (Lipinski definition) is 0. The first-order chi connectivity index (χ1) is 10.8. The quantitative estimate of drug-likeness (QED) is 0.676. The number of halogens is 1. The van der Waals surface area contributed by atoms with Gasteiger partial charge in [0.2, 0.25) is 0 Å². The second kappa shape index (κ2) is 7.75. The normalized spacial score (nSPS) is 18.5. The second-order valence-electron chi connectivity index (χ2n) is 6.00. The lowest BCUT2D eigenvalue weighted by Crippen LogP contribution is -2.32. The molecule has 114 valence electrons. The molecule has 1 nitrogen and oxygen atoms in total. The summed E-state index contributed by atoms with van der Waals surface area (Å²) in [6, 6.07) is 19.3. The number of rotatable bonds is 5. The van der Waals surface area contributed by atoms with E-state index in [2.05, 4.69) is 87.6 Å². The van der Waals surface area contributed by atoms with Gasteiger partial charge in [-0.05, 0) is 36.0 Å². The van der Waals surface area contributed by atoms with Crippen molar-refractivity contribution in [1.29, 1.82) is 0 Å². The predicted molar refractivity (Wildman–Crippen MR) is 96.8 cm³/mol. The Balaban J connectivity index is 1.54. The van der Waals surface area contributed by atoms with E-state index in [0.717, 1.165) is 26.1 Å². The lowest BCUT2D eigenvalue weighted by Gasteiger charge is -2.29. The molecule has 0 N–H and O–H groups in total. The third-order valence-corrected chi connectivity index (χ3v) is 5.03. The van der Waals surface area contributed by atoms with E-state index in [1.807, 2.05) is 0 Å². The summed E-state index contributed by atoms with van der Waals surface area (Å²) in [5.41, 5.74) is 2.82. The summed E-state index contributed by atoms with van der Waals surface area (Å²) in [5.74, 6) is 0.657. The molecule has 0 aromatic heterocycles. The van der Waals surface area contributed by atoms with Crippen LogP contribution in [0.25, 0.3) is 0 Å². The summed E-state index contributed by atoms with van der Waals surface area (Å²) < 4.78 is 1.23. The minimum absolute atomic E-state index is 0.657. The molecule has 0 spiro atoms. The Morgan fingerprint density at radius 3 is 2.59 bits per heavy atom. The fraction of sp³-hybridized carbons (Fsp3) is 0.300. The maximum absolute atomic E-state index is 3.65. The van der Waals surface area contributed by atoms with Gasteiger partial charge in [-0.3, -0.25) is 4.90 Å². The van der Waals surface area contributed by atoms with Crippen molar-refractivity contribution in [1.82, 2.24) is 4.90 Å². The summed E-state index contributed by atoms with van der Waals surface area (Å²) in [5, 5.41) is 0. The van der Waals surface area contributed by atoms with Crippen molar-refractivity contribution >= 4 is 15.9 Å². The van der Waals surface area contributed by atoms with Crippen molar-refractivity contribution in [2.24, 2.45) is 5.92 Å². The van der Waals surface area contributed by atoms with Crippen LogP contribution in [0.4, 0.5) is 0 Å². The molecule has 3 rings (SSSR count). The predicted octanol–water partition coefficient (Wildman–Crippen LogP) is 5.07. The van der Waals surface area contributed by atoms with E-state index in [1.165, 1.54) is 22.0 Å². The zero-order chi connectivity index (χ0) is 15.2. The van der Waals surface area contributed by atoms with Crippen LogP contribution in [0, 0.1) is 5.92 Å². The molecule has 1 atom stereocenters. The van der Waals surface area contributed by atoms with Crippen molar-refractivity contribution in [3.8, 4) is 0 Å². The van der Waals surface area contributed by atoms with E-state index >= 15 is 0 Å². The van der Waals surface area contributed by atoms with E-state index in [1.54, 1.807) is 0 Å². The standard InChI is InChI=1S/C20H22BrN/c21-20-11-5-4-10-19(20)13-12-18-9-6-14-22(16-18)15-17-7-2-1-3-8-17/h1-11,18H,12-16H2. The van der Waals surface area contributed by atoms with E-state index in [9.17, 15) is 0 Å². The average molecular weight is 356 g/mol. The first-order valence-electron chi connectivity index (χ1n) is 7.97. The highest BCUT2D eigenvalue weighted by Gasteiger charge is 2.16. The van der Waals surface area contributed by atoms with Gasteiger partial charge in [-0.1, -0.05) is 76.6 Å². The van der Waals surface area contributed by atoms with Crippen LogP contribution in [-0.2, 0) is 13.0 Å². The number of nitrogens with zero attached hydrogens (tertiary/aromatic N) is 1. The molecule has 2 aromatic carbocycles. The Labute approximate surface area is 141 Å². The average Bonchev–Trinajstić information content (AvgIpc) is 2.55. The maximum atomic E-state index is 3.65. The molecule has 0 radical (unpaired) electrons. The Bertz CT molecular complexity index is 621. The van der Waals surface area contributed by atoms with Crippen molar-refractivity contribution in [2.45, 2.75) is 19.4 Å². The van der Waals surface area contributed by atoms with Gasteiger partial charge in [0.05, 0.1) is 0 Å². The molecular weight excluding hydrogens is 334 g/mol. The second-order valence-corrected chi connectivity index (χ2v) is 6.85. The van der Waals surface area contributed by atoms with Crippen LogP contribution in [0.2, 0.25) is 0 Å². The smallest absolute Gasteiger partial charge is 0.0237 e. The summed E-state index contributed by atoms with van der Waals surface area (Å²) in [7, 11) is 0. The SMILES string of the molecule is Brc1ccccc1CCC1C=CCN(Cc2ccccc2)C1. The van der Waals surface area contributed by atoms with Crippen LogP contribution >= 0.6 is 15.9 Å². The molecule has 2 aromatic rings. The molecule has 0 aliphatic carbocycles. The molecule has 0 amide bonds. The zero-order valence-electron chi connectivity index (χ0n) is 12.8. The highest BCUT2D eigenvalue weighted by atomic mass is 79.9. The molecular formula is C20H22BrN. The van der Waals surface area contributed by atoms with Crippen LogP contribution in [0.1, 0.15) is 17.5 Å². The summed E-state index contributed by atoms with van der Waals surface area (Å²) in [4.78, 5) is 2.54. The molecule has 1 aliphatic heterocycles. The Hall–Kier alpha value is -1.38. The number of benzene rings is 2. The van der Waals surface area contributed by atoms with E-state index in [0.29, 0.717) is 5.92 Å². The van der Waals surface area contributed by atoms with E-state index in [4.69, 9.17) is 0 Å². The molecule has 0 saturated carbocycles. The van der Waals surface area contributed by atoms with Crippen LogP contribution in [0.5, 0.6) is 0 Å². The van der Waals surface area contributed by atoms with Crippen molar-refractivity contribution < 1.29 is 0 Å². The van der Waals surface area contributed by atoms with Crippen molar-refractivity contribution in [2.75, 3.05) is 13.1 Å². The van der Waals surface area contributed by atoms with Crippen LogP contribution in [0.15, 0.2) is 71.2 Å². The number of hydrogen-bond acceptors (Lipinski definition) is 1. The highest BCUT2D eigenvalue weighted by Crippen LogP contribution is 2.22. The van der Waals surface area contributed by atoms with E-state index < -0.39 is 0 Å². The topological polar surface area (TPSA) is 3.24 Å². The third-order valence-electron chi connectivity index (χ3n) is 4.26. The molecule has 0 fully saturated rings. The van der Waals surface area contributed by atoms with Gasteiger partial charge in [0.25, 0.3) is 0 Å². The van der Waals surface area contributed by atoms with Gasteiger partial charge in [-0.25, -0.2) is 0 Å². The Kier molecular flexibility index (Phi) is 5.47. The summed E-state index contributed by atoms with van der Waals surface area (Å²) in [6.45, 7) is 3.28. The maximum Gasteiger partial charge on any atom is 0.0237 e. The van der Waals surface area contributed by atoms with Crippen LogP contribution in [-0.4, -0.2) is 18.0 Å². The van der Waals surface area contributed by atoms with Gasteiger partial charge in [0, 0.05) is 24.1 Å². The zero-order valence-corrected chi connectivity index (χ0v) is 14.4.